The molecule has 0 spiro atoms. The minimum atomic E-state index is -0.0449. The summed E-state index contributed by atoms with van der Waals surface area (Å²) >= 11 is 0. The number of allylic oxidation sites excluding steroid dienone is 2. The average molecular weight is 378 g/mol. The number of hydrogen-bond acceptors (Lipinski definition) is 2. The minimum absolute atomic E-state index is 0.0449. The van der Waals surface area contributed by atoms with Gasteiger partial charge in [-0.15, -0.1) is 6.58 Å². The van der Waals surface area contributed by atoms with Crippen LogP contribution in [0, 0.1) is 0 Å². The van der Waals surface area contributed by atoms with Crippen LogP contribution in [0.5, 0.6) is 5.75 Å². The molecular weight excluding hydrogens is 346 g/mol. The van der Waals surface area contributed by atoms with E-state index in [9.17, 15) is 4.79 Å². The molecule has 0 N–H and O–H groups in total. The zero-order valence-corrected chi connectivity index (χ0v) is 17.4. The number of nitrogens with zero attached hydrogens (tertiary/aromatic N) is 1. The van der Waals surface area contributed by atoms with E-state index in [1.807, 2.05) is 62.1 Å². The number of carbonyl (C=O) groups excluding carboxylic acids is 1. The molecule has 3 heteroatoms. The van der Waals surface area contributed by atoms with Crippen LogP contribution in [0.3, 0.4) is 0 Å². The smallest absolute Gasteiger partial charge is 0.246 e. The number of carbonyl (C=O) groups is 1. The topological polar surface area (TPSA) is 29.5 Å². The van der Waals surface area contributed by atoms with Crippen molar-refractivity contribution in [2.24, 2.45) is 0 Å². The van der Waals surface area contributed by atoms with Gasteiger partial charge in [-0.25, -0.2) is 0 Å². The van der Waals surface area contributed by atoms with E-state index < -0.39 is 0 Å². The molecule has 28 heavy (non-hydrogen) atoms. The number of ether oxygens (including phenoxy) is 1. The molecule has 0 saturated heterocycles. The second-order valence-corrected chi connectivity index (χ2v) is 6.82. The van der Waals surface area contributed by atoms with Gasteiger partial charge in [0.15, 0.2) is 0 Å². The van der Waals surface area contributed by atoms with Crippen molar-refractivity contribution < 1.29 is 9.53 Å². The molecule has 3 nitrogen and oxygen atoms in total. The molecule has 148 valence electrons. The Labute approximate surface area is 169 Å². The van der Waals surface area contributed by atoms with Crippen molar-refractivity contribution in [2.75, 3.05) is 13.1 Å². The molecule has 0 radical (unpaired) electrons. The van der Waals surface area contributed by atoms with Gasteiger partial charge in [-0.1, -0.05) is 42.5 Å². The number of likely N-dealkylation sites (N-methyl/N-ethyl adjacent to an activating group) is 1. The van der Waals surface area contributed by atoms with Gasteiger partial charge in [0.2, 0.25) is 5.91 Å². The third-order valence-electron chi connectivity index (χ3n) is 4.87. The molecule has 0 saturated carbocycles. The van der Waals surface area contributed by atoms with Crippen LogP contribution >= 0.6 is 0 Å². The molecule has 1 unspecified atom stereocenters. The summed E-state index contributed by atoms with van der Waals surface area (Å²) in [7, 11) is 0. The first-order valence-corrected chi connectivity index (χ1v) is 9.93. The number of hydrogen-bond donors (Lipinski definition) is 0. The summed E-state index contributed by atoms with van der Waals surface area (Å²) in [6.07, 6.45) is 4.26. The summed E-state index contributed by atoms with van der Waals surface area (Å²) in [5.74, 6) is 0.897. The van der Waals surface area contributed by atoms with Gasteiger partial charge in [-0.2, -0.15) is 0 Å². The molecule has 0 heterocycles. The van der Waals surface area contributed by atoms with Crippen LogP contribution < -0.4 is 4.74 Å². The van der Waals surface area contributed by atoms with E-state index in [1.165, 1.54) is 0 Å². The lowest BCUT2D eigenvalue weighted by Gasteiger charge is -2.19. The Morgan fingerprint density at radius 2 is 1.82 bits per heavy atom. The zero-order valence-electron chi connectivity index (χ0n) is 17.4. The summed E-state index contributed by atoms with van der Waals surface area (Å²) in [6, 6.07) is 16.3. The predicted molar refractivity (Wildman–Crippen MR) is 117 cm³/mol. The molecule has 2 aromatic carbocycles. The first-order valence-electron chi connectivity index (χ1n) is 9.93. The number of amides is 1. The molecule has 2 aromatic rings. The van der Waals surface area contributed by atoms with Crippen LogP contribution in [-0.4, -0.2) is 23.9 Å². The molecule has 0 fully saturated rings. The van der Waals surface area contributed by atoms with Crippen LogP contribution in [0.1, 0.15) is 50.5 Å². The van der Waals surface area contributed by atoms with Crippen molar-refractivity contribution in [2.45, 2.75) is 40.2 Å². The fraction of sp³-hybridized carbons (Fsp3) is 0.320. The summed E-state index contributed by atoms with van der Waals surface area (Å²) in [4.78, 5) is 14.2. The summed E-state index contributed by atoms with van der Waals surface area (Å²) in [5, 5.41) is 0. The maximum absolute atomic E-state index is 12.4. The van der Waals surface area contributed by atoms with E-state index >= 15 is 0 Å². The Balaban J connectivity index is 2.26. The predicted octanol–water partition coefficient (Wildman–Crippen LogP) is 5.83. The highest BCUT2D eigenvalue weighted by atomic mass is 16.5. The first-order chi connectivity index (χ1) is 13.5. The molecule has 0 aliphatic rings. The van der Waals surface area contributed by atoms with E-state index in [2.05, 4.69) is 31.7 Å². The quantitative estimate of drug-likeness (QED) is 0.407. The van der Waals surface area contributed by atoms with Gasteiger partial charge in [0.05, 0.1) is 0 Å². The van der Waals surface area contributed by atoms with Crippen LogP contribution in [0.25, 0.3) is 5.57 Å². The van der Waals surface area contributed by atoms with Crippen LogP contribution in [0.2, 0.25) is 0 Å². The largest absolute Gasteiger partial charge is 0.486 e. The summed E-state index contributed by atoms with van der Waals surface area (Å²) in [6.45, 7) is 13.3. The molecule has 0 aromatic heterocycles. The van der Waals surface area contributed by atoms with Gasteiger partial charge in [-0.05, 0) is 68.5 Å². The van der Waals surface area contributed by atoms with Crippen molar-refractivity contribution in [3.63, 3.8) is 0 Å². The van der Waals surface area contributed by atoms with E-state index in [4.69, 9.17) is 4.74 Å². The highest BCUT2D eigenvalue weighted by Crippen LogP contribution is 2.29. The lowest BCUT2D eigenvalue weighted by molar-refractivity contribution is -0.125. The summed E-state index contributed by atoms with van der Waals surface area (Å²) in [5.41, 5.74) is 4.18. The third kappa shape index (κ3) is 5.59. The fourth-order valence-electron chi connectivity index (χ4n) is 3.13. The lowest BCUT2D eigenvalue weighted by Crippen LogP contribution is -2.28. The minimum Gasteiger partial charge on any atom is -0.486 e. The third-order valence-corrected chi connectivity index (χ3v) is 4.87. The Hall–Kier alpha value is -2.81. The van der Waals surface area contributed by atoms with Gasteiger partial charge in [0.25, 0.3) is 0 Å². The molecule has 1 atom stereocenters. The van der Waals surface area contributed by atoms with E-state index in [-0.39, 0.29) is 12.0 Å². The maximum Gasteiger partial charge on any atom is 0.246 e. The van der Waals surface area contributed by atoms with Crippen molar-refractivity contribution in [1.82, 2.24) is 4.90 Å². The average Bonchev–Trinajstić information content (AvgIpc) is 2.71. The van der Waals surface area contributed by atoms with Crippen molar-refractivity contribution in [1.29, 1.82) is 0 Å². The Morgan fingerprint density at radius 1 is 1.14 bits per heavy atom. The molecule has 0 bridgehead atoms. The van der Waals surface area contributed by atoms with Crippen LogP contribution in [-0.2, 0) is 11.2 Å². The normalized spacial score (nSPS) is 12.4. The number of benzene rings is 2. The molecular formula is C25H31NO2. The standard InChI is InChI=1S/C25H31NO2/c1-6-12-23-18-22(19(4)17-25(27)26(7-2)8-3)15-16-24(23)28-20(5)21-13-10-9-11-14-21/h6,9-11,13-18,20H,1,7-8,12H2,2-5H3. The van der Waals surface area contributed by atoms with Crippen LogP contribution in [0.15, 0.2) is 67.3 Å². The van der Waals surface area contributed by atoms with Gasteiger partial charge in [0, 0.05) is 19.2 Å². The highest BCUT2D eigenvalue weighted by molar-refractivity contribution is 5.94. The van der Waals surface area contributed by atoms with Gasteiger partial charge in [0.1, 0.15) is 11.9 Å². The summed E-state index contributed by atoms with van der Waals surface area (Å²) < 4.78 is 6.23. The Morgan fingerprint density at radius 3 is 2.43 bits per heavy atom. The number of rotatable bonds is 9. The van der Waals surface area contributed by atoms with E-state index in [1.54, 1.807) is 6.08 Å². The van der Waals surface area contributed by atoms with Crippen molar-refractivity contribution >= 4 is 11.5 Å². The van der Waals surface area contributed by atoms with Gasteiger partial charge in [-0.3, -0.25) is 4.79 Å². The van der Waals surface area contributed by atoms with Crippen LogP contribution in [0.4, 0.5) is 0 Å². The molecule has 0 aliphatic heterocycles. The highest BCUT2D eigenvalue weighted by Gasteiger charge is 2.12. The SMILES string of the molecule is C=CCc1cc(C(C)=CC(=O)N(CC)CC)ccc1OC(C)c1ccccc1. The lowest BCUT2D eigenvalue weighted by atomic mass is 10.0. The Bertz CT molecular complexity index is 820. The molecule has 0 aliphatic carbocycles. The van der Waals surface area contributed by atoms with Gasteiger partial charge < -0.3 is 9.64 Å². The molecule has 1 amide bonds. The zero-order chi connectivity index (χ0) is 20.5. The monoisotopic (exact) mass is 377 g/mol. The molecule has 2 rings (SSSR count). The van der Waals surface area contributed by atoms with Gasteiger partial charge >= 0.3 is 0 Å². The van der Waals surface area contributed by atoms with E-state index in [0.29, 0.717) is 19.5 Å². The van der Waals surface area contributed by atoms with E-state index in [0.717, 1.165) is 28.0 Å². The maximum atomic E-state index is 12.4. The second kappa shape index (κ2) is 10.5. The second-order valence-electron chi connectivity index (χ2n) is 6.82. The van der Waals surface area contributed by atoms with Crippen molar-refractivity contribution in [3.8, 4) is 5.75 Å². The first kappa shape index (κ1) is 21.5. The van der Waals surface area contributed by atoms with Crippen molar-refractivity contribution in [3.05, 3.63) is 84.0 Å². The Kier molecular flexibility index (Phi) is 8.06. The fourth-order valence-corrected chi connectivity index (χ4v) is 3.13.